The van der Waals surface area contributed by atoms with E-state index in [0.717, 1.165) is 0 Å². The quantitative estimate of drug-likeness (QED) is 0.326. The number of azide groups is 1. The zero-order chi connectivity index (χ0) is 11.8. The third-order valence-corrected chi connectivity index (χ3v) is 1.76. The smallest absolute Gasteiger partial charge is 0.134 e. The van der Waals surface area contributed by atoms with Gasteiger partial charge >= 0.3 is 0 Å². The van der Waals surface area contributed by atoms with E-state index in [1.807, 2.05) is 6.07 Å². The van der Waals surface area contributed by atoms with Gasteiger partial charge in [-0.15, -0.1) is 0 Å². The summed E-state index contributed by atoms with van der Waals surface area (Å²) < 4.78 is 5.09. The molecule has 0 aliphatic rings. The minimum atomic E-state index is 0.0937. The second kappa shape index (κ2) is 5.98. The Morgan fingerprint density at radius 2 is 2.38 bits per heavy atom. The highest BCUT2D eigenvalue weighted by Crippen LogP contribution is 2.18. The Morgan fingerprint density at radius 1 is 1.56 bits per heavy atom. The van der Waals surface area contributed by atoms with E-state index < -0.39 is 0 Å². The molecule has 0 aromatic heterocycles. The summed E-state index contributed by atoms with van der Waals surface area (Å²) in [6, 6.07) is 6.97. The van der Waals surface area contributed by atoms with Crippen LogP contribution in [0, 0.1) is 23.2 Å². The molecular formula is C11H8N4O. The fourth-order valence-corrected chi connectivity index (χ4v) is 1.08. The zero-order valence-corrected chi connectivity index (χ0v) is 8.64. The lowest BCUT2D eigenvalue weighted by Gasteiger charge is -2.02. The van der Waals surface area contributed by atoms with Crippen molar-refractivity contribution in [1.29, 1.82) is 5.26 Å². The predicted molar refractivity (Wildman–Crippen MR) is 58.6 cm³/mol. The van der Waals surface area contributed by atoms with Gasteiger partial charge in [-0.05, 0) is 23.7 Å². The Labute approximate surface area is 92.9 Å². The topological polar surface area (TPSA) is 81.8 Å². The van der Waals surface area contributed by atoms with Crippen LogP contribution in [0.2, 0.25) is 0 Å². The summed E-state index contributed by atoms with van der Waals surface area (Å²) in [5, 5.41) is 12.0. The SMILES string of the molecule is COc1ccc(C#N)cc1C#CCN=[N+]=[N-]. The molecule has 0 amide bonds. The van der Waals surface area contributed by atoms with Gasteiger partial charge in [-0.2, -0.15) is 5.26 Å². The Morgan fingerprint density at radius 3 is 3.00 bits per heavy atom. The van der Waals surface area contributed by atoms with Crippen LogP contribution in [0.15, 0.2) is 23.3 Å². The first-order valence-corrected chi connectivity index (χ1v) is 4.39. The molecule has 5 heteroatoms. The highest BCUT2D eigenvalue weighted by Gasteiger charge is 2.00. The molecule has 1 rings (SSSR count). The van der Waals surface area contributed by atoms with Crippen molar-refractivity contribution in [2.45, 2.75) is 0 Å². The van der Waals surface area contributed by atoms with Gasteiger partial charge in [0.1, 0.15) is 5.75 Å². The molecule has 0 saturated heterocycles. The highest BCUT2D eigenvalue weighted by molar-refractivity contribution is 5.50. The maximum atomic E-state index is 8.73. The number of ether oxygens (including phenoxy) is 1. The van der Waals surface area contributed by atoms with E-state index in [1.54, 1.807) is 18.2 Å². The Bertz CT molecular complexity index is 527. The van der Waals surface area contributed by atoms with Crippen LogP contribution in [0.5, 0.6) is 5.75 Å². The summed E-state index contributed by atoms with van der Waals surface area (Å²) >= 11 is 0. The number of nitrogens with zero attached hydrogens (tertiary/aromatic N) is 4. The van der Waals surface area contributed by atoms with Crippen molar-refractivity contribution in [3.05, 3.63) is 39.8 Å². The van der Waals surface area contributed by atoms with E-state index in [1.165, 1.54) is 7.11 Å². The van der Waals surface area contributed by atoms with Crippen LogP contribution < -0.4 is 4.74 Å². The summed E-state index contributed by atoms with van der Waals surface area (Å²) in [4.78, 5) is 2.58. The second-order valence-electron chi connectivity index (χ2n) is 2.72. The molecule has 0 saturated carbocycles. The summed E-state index contributed by atoms with van der Waals surface area (Å²) in [7, 11) is 1.53. The molecule has 0 bridgehead atoms. The van der Waals surface area contributed by atoms with Gasteiger partial charge in [0, 0.05) is 4.91 Å². The molecule has 0 N–H and O–H groups in total. The monoisotopic (exact) mass is 212 g/mol. The molecule has 0 aliphatic heterocycles. The second-order valence-corrected chi connectivity index (χ2v) is 2.72. The molecule has 78 valence electrons. The van der Waals surface area contributed by atoms with Crippen LogP contribution in [0.4, 0.5) is 0 Å². The molecule has 5 nitrogen and oxygen atoms in total. The normalized spacial score (nSPS) is 8.00. The Hall–Kier alpha value is -2.62. The van der Waals surface area contributed by atoms with Crippen molar-refractivity contribution >= 4 is 0 Å². The molecule has 0 atom stereocenters. The molecular weight excluding hydrogens is 204 g/mol. The largest absolute Gasteiger partial charge is 0.495 e. The van der Waals surface area contributed by atoms with Crippen LogP contribution >= 0.6 is 0 Å². The van der Waals surface area contributed by atoms with E-state index in [0.29, 0.717) is 16.9 Å². The lowest BCUT2D eigenvalue weighted by atomic mass is 10.1. The highest BCUT2D eigenvalue weighted by atomic mass is 16.5. The lowest BCUT2D eigenvalue weighted by molar-refractivity contribution is 0.413. The molecule has 0 spiro atoms. The van der Waals surface area contributed by atoms with Crippen LogP contribution in [-0.2, 0) is 0 Å². The molecule has 0 fully saturated rings. The van der Waals surface area contributed by atoms with Gasteiger partial charge in [0.15, 0.2) is 0 Å². The van der Waals surface area contributed by atoms with Crippen molar-refractivity contribution < 1.29 is 4.74 Å². The molecule has 16 heavy (non-hydrogen) atoms. The first-order valence-electron chi connectivity index (χ1n) is 4.39. The minimum absolute atomic E-state index is 0.0937. The predicted octanol–water partition coefficient (Wildman–Crippen LogP) is 2.23. The van der Waals surface area contributed by atoms with Crippen molar-refractivity contribution in [2.75, 3.05) is 13.7 Å². The maximum Gasteiger partial charge on any atom is 0.134 e. The third-order valence-electron chi connectivity index (χ3n) is 1.76. The molecule has 1 aromatic carbocycles. The van der Waals surface area contributed by atoms with E-state index in [-0.39, 0.29) is 6.54 Å². The van der Waals surface area contributed by atoms with Gasteiger partial charge in [0.25, 0.3) is 0 Å². The number of rotatable bonds is 2. The third kappa shape index (κ3) is 2.95. The number of hydrogen-bond acceptors (Lipinski definition) is 3. The number of benzene rings is 1. The summed E-state index contributed by atoms with van der Waals surface area (Å²) in [5.41, 5.74) is 9.18. The van der Waals surface area contributed by atoms with Gasteiger partial charge in [-0.25, -0.2) is 0 Å². The maximum absolute atomic E-state index is 8.73. The molecule has 1 aromatic rings. The first-order chi connectivity index (χ1) is 7.81. The van der Waals surface area contributed by atoms with Gasteiger partial charge in [0.2, 0.25) is 0 Å². The number of methoxy groups -OCH3 is 1. The molecule has 0 radical (unpaired) electrons. The molecule has 0 unspecified atom stereocenters. The summed E-state index contributed by atoms with van der Waals surface area (Å²) in [6.07, 6.45) is 0. The van der Waals surface area contributed by atoms with Gasteiger partial charge in [-0.1, -0.05) is 17.0 Å². The van der Waals surface area contributed by atoms with Crippen molar-refractivity contribution in [3.8, 4) is 23.7 Å². The van der Waals surface area contributed by atoms with Crippen molar-refractivity contribution in [1.82, 2.24) is 0 Å². The summed E-state index contributed by atoms with van der Waals surface area (Å²) in [6.45, 7) is 0.0937. The van der Waals surface area contributed by atoms with Crippen LogP contribution in [0.1, 0.15) is 11.1 Å². The first kappa shape index (κ1) is 11.5. The van der Waals surface area contributed by atoms with Crippen LogP contribution in [0.3, 0.4) is 0 Å². The van der Waals surface area contributed by atoms with Crippen LogP contribution in [-0.4, -0.2) is 13.7 Å². The zero-order valence-electron chi connectivity index (χ0n) is 8.64. The average Bonchev–Trinajstić information content (AvgIpc) is 2.34. The summed E-state index contributed by atoms with van der Waals surface area (Å²) in [5.74, 6) is 6.04. The molecule has 0 heterocycles. The Kier molecular flexibility index (Phi) is 4.28. The number of hydrogen-bond donors (Lipinski definition) is 0. The lowest BCUT2D eigenvalue weighted by Crippen LogP contribution is -1.89. The van der Waals surface area contributed by atoms with Crippen molar-refractivity contribution in [3.63, 3.8) is 0 Å². The standard InChI is InChI=1S/C11H8N4O/c1-16-11-5-4-9(8-12)7-10(11)3-2-6-14-15-13/h4-5,7H,6H2,1H3. The Balaban J connectivity index is 3.03. The van der Waals surface area contributed by atoms with Crippen LogP contribution in [0.25, 0.3) is 10.4 Å². The van der Waals surface area contributed by atoms with E-state index in [9.17, 15) is 0 Å². The van der Waals surface area contributed by atoms with Gasteiger partial charge in [0.05, 0.1) is 30.9 Å². The average molecular weight is 212 g/mol. The molecule has 0 aliphatic carbocycles. The fraction of sp³-hybridized carbons (Fsp3) is 0.182. The van der Waals surface area contributed by atoms with Gasteiger partial charge in [-0.3, -0.25) is 0 Å². The van der Waals surface area contributed by atoms with E-state index in [2.05, 4.69) is 21.9 Å². The van der Waals surface area contributed by atoms with E-state index >= 15 is 0 Å². The van der Waals surface area contributed by atoms with E-state index in [4.69, 9.17) is 15.5 Å². The van der Waals surface area contributed by atoms with Crippen molar-refractivity contribution in [2.24, 2.45) is 5.11 Å². The fourth-order valence-electron chi connectivity index (χ4n) is 1.08. The minimum Gasteiger partial charge on any atom is -0.495 e. The number of nitriles is 1. The van der Waals surface area contributed by atoms with Gasteiger partial charge < -0.3 is 4.74 Å².